The summed E-state index contributed by atoms with van der Waals surface area (Å²) in [6, 6.07) is 74.7. The maximum atomic E-state index is 16.0. The second kappa shape index (κ2) is 13.2. The molecule has 19 rings (SSSR count). The molecule has 4 bridgehead atoms. The maximum Gasteiger partial charge on any atom is 0.177 e. The molecule has 0 atom stereocenters. The van der Waals surface area contributed by atoms with Crippen LogP contribution in [0.25, 0.3) is 76.7 Å². The third kappa shape index (κ3) is 4.37. The third-order valence-corrected chi connectivity index (χ3v) is 19.2. The summed E-state index contributed by atoms with van der Waals surface area (Å²) in [5, 5.41) is 6.80. The molecule has 0 N–H and O–H groups in total. The average molecular weight is 947 g/mol. The van der Waals surface area contributed by atoms with Crippen molar-refractivity contribution < 1.29 is 9.59 Å². The molecule has 4 nitrogen and oxygen atoms in total. The summed E-state index contributed by atoms with van der Waals surface area (Å²) in [5.74, 6) is 0.219. The number of hydrogen-bond acceptors (Lipinski definition) is 2. The van der Waals surface area contributed by atoms with E-state index in [-0.39, 0.29) is 11.6 Å². The van der Waals surface area contributed by atoms with Crippen LogP contribution in [0.1, 0.15) is 104 Å². The van der Waals surface area contributed by atoms with Gasteiger partial charge in [0.25, 0.3) is 0 Å². The van der Waals surface area contributed by atoms with Gasteiger partial charge < -0.3 is 8.97 Å². The number of nitrogens with zero attached hydrogens (tertiary/aromatic N) is 2. The van der Waals surface area contributed by atoms with Gasteiger partial charge in [-0.15, -0.1) is 0 Å². The number of hydrogen-bond donors (Lipinski definition) is 0. The molecule has 10 aromatic carbocycles. The second-order valence-corrected chi connectivity index (χ2v) is 22.3. The number of rotatable bonds is 2. The van der Waals surface area contributed by atoms with E-state index in [2.05, 4.69) is 243 Å². The quantitative estimate of drug-likeness (QED) is 0.173. The Bertz CT molecular complexity index is 4460. The molecule has 13 aromatic rings. The Morgan fingerprint density at radius 3 is 1.18 bits per heavy atom. The van der Waals surface area contributed by atoms with Gasteiger partial charge in [0.15, 0.2) is 11.6 Å². The molecule has 6 aliphatic rings. The predicted molar refractivity (Wildman–Crippen MR) is 299 cm³/mol. The lowest BCUT2D eigenvalue weighted by atomic mass is 9.59. The van der Waals surface area contributed by atoms with Crippen molar-refractivity contribution in [1.82, 2.24) is 8.97 Å². The van der Waals surface area contributed by atoms with Crippen molar-refractivity contribution in [3.05, 3.63) is 273 Å². The molecule has 4 heteroatoms. The van der Waals surface area contributed by atoms with E-state index < -0.39 is 21.7 Å². The summed E-state index contributed by atoms with van der Waals surface area (Å²) in [5.41, 5.74) is 18.2. The Morgan fingerprint density at radius 2 is 0.703 bits per heavy atom. The first kappa shape index (κ1) is 40.7. The van der Waals surface area contributed by atoms with Crippen molar-refractivity contribution in [2.24, 2.45) is 0 Å². The summed E-state index contributed by atoms with van der Waals surface area (Å²) in [6.45, 7) is 8.95. The number of benzene rings is 10. The van der Waals surface area contributed by atoms with Crippen molar-refractivity contribution in [2.75, 3.05) is 0 Å². The highest BCUT2D eigenvalue weighted by molar-refractivity contribution is 6.28. The van der Waals surface area contributed by atoms with Gasteiger partial charge in [0.2, 0.25) is 0 Å². The lowest BCUT2D eigenvalue weighted by Gasteiger charge is -2.43. The first-order valence-corrected chi connectivity index (χ1v) is 26.0. The largest absolute Gasteiger partial charge is 0.309 e. The van der Waals surface area contributed by atoms with E-state index in [9.17, 15) is 0 Å². The maximum absolute atomic E-state index is 16.0. The summed E-state index contributed by atoms with van der Waals surface area (Å²) in [7, 11) is 0. The third-order valence-electron chi connectivity index (χ3n) is 19.2. The molecule has 0 unspecified atom stereocenters. The van der Waals surface area contributed by atoms with Crippen molar-refractivity contribution >= 4 is 71.5 Å². The van der Waals surface area contributed by atoms with Gasteiger partial charge in [-0.3, -0.25) is 9.59 Å². The lowest BCUT2D eigenvalue weighted by Crippen LogP contribution is -2.40. The predicted octanol–water partition coefficient (Wildman–Crippen LogP) is 15.9. The smallest absolute Gasteiger partial charge is 0.177 e. The number of aromatic nitrogens is 2. The highest BCUT2D eigenvalue weighted by Gasteiger charge is 2.57. The van der Waals surface area contributed by atoms with Crippen molar-refractivity contribution in [3.8, 4) is 16.8 Å². The molecule has 0 spiro atoms. The Labute approximate surface area is 427 Å². The van der Waals surface area contributed by atoms with Crippen LogP contribution in [0.2, 0.25) is 0 Å². The number of ketones is 2. The zero-order valence-corrected chi connectivity index (χ0v) is 41.3. The molecule has 0 fully saturated rings. The molecule has 3 aromatic heterocycles. The summed E-state index contributed by atoms with van der Waals surface area (Å²) >= 11 is 0. The molecule has 3 heterocycles. The number of carbonyl (C=O) groups excluding carboxylic acids is 2. The van der Waals surface area contributed by atoms with E-state index in [0.717, 1.165) is 110 Å². The summed E-state index contributed by atoms with van der Waals surface area (Å²) in [4.78, 5) is 31.9. The fraction of sp³-hybridized carbons (Fsp3) is 0.114. The van der Waals surface area contributed by atoms with Gasteiger partial charge in [-0.2, -0.15) is 0 Å². The van der Waals surface area contributed by atoms with Crippen molar-refractivity contribution in [3.63, 3.8) is 0 Å². The van der Waals surface area contributed by atoms with Crippen LogP contribution < -0.4 is 0 Å². The summed E-state index contributed by atoms with van der Waals surface area (Å²) in [6.07, 6.45) is 0. The first-order chi connectivity index (χ1) is 36.1. The first-order valence-electron chi connectivity index (χ1n) is 26.0. The zero-order valence-electron chi connectivity index (χ0n) is 41.3. The average Bonchev–Trinajstić information content (AvgIpc) is 4.22. The highest BCUT2D eigenvalue weighted by atomic mass is 16.1. The molecule has 0 aliphatic heterocycles. The molecule has 0 radical (unpaired) electrons. The van der Waals surface area contributed by atoms with Crippen LogP contribution in [0.5, 0.6) is 0 Å². The van der Waals surface area contributed by atoms with Crippen LogP contribution in [-0.4, -0.2) is 20.5 Å². The molecule has 348 valence electrons. The van der Waals surface area contributed by atoms with Gasteiger partial charge in [-0.1, -0.05) is 152 Å². The van der Waals surface area contributed by atoms with Crippen LogP contribution in [-0.2, 0) is 21.7 Å². The Kier molecular flexibility index (Phi) is 7.27. The molecular weight excluding hydrogens is 901 g/mol. The lowest BCUT2D eigenvalue weighted by molar-refractivity contribution is 0.0916. The van der Waals surface area contributed by atoms with Crippen LogP contribution >= 0.6 is 0 Å². The number of fused-ring (bicyclic) bond motifs is 9. The van der Waals surface area contributed by atoms with Crippen LogP contribution in [0.3, 0.4) is 0 Å². The minimum atomic E-state index is -0.896. The van der Waals surface area contributed by atoms with E-state index in [4.69, 9.17) is 0 Å². The molecule has 0 saturated carbocycles. The van der Waals surface area contributed by atoms with E-state index in [1.807, 2.05) is 0 Å². The minimum absolute atomic E-state index is 0.109. The zero-order chi connectivity index (χ0) is 49.4. The SMILES string of the molecule is CC12C(=O)c3cc4c(cc3C(C)(c3ccccc31)c1ccccc12)c1cc(-c2cccc3c5ccccc5n(-c5ccccc5)c23)cc2c3cc5c(cc3n4c12)C(=O)C1(C)c2ccccc2C5(C)c2ccccc21. The second-order valence-electron chi connectivity index (χ2n) is 22.3. The molecule has 0 amide bonds. The summed E-state index contributed by atoms with van der Waals surface area (Å²) < 4.78 is 4.83. The van der Waals surface area contributed by atoms with Gasteiger partial charge in [0.05, 0.1) is 38.4 Å². The standard InChI is InChI=1S/C70H46N2O2/c1-67-50-24-9-13-28-54(50)69(3,55-29-14-10-25-51(55)67)65(73)48-37-61-44(35-58(48)67)46-33-39(41-22-18-23-43-42-21-8-17-32-60(42)71(63(41)43)40-19-6-5-7-20-40)34-47-45-36-59-49(38-62(45)72(61)64(46)47)66(74)70(4)56-30-15-11-26-52(56)68(59,2)53-27-12-16-31-57(53)70/h5-38H,1-4H3. The number of carbonyl (C=O) groups is 2. The van der Waals surface area contributed by atoms with E-state index >= 15 is 9.59 Å². The van der Waals surface area contributed by atoms with Crippen LogP contribution in [0.15, 0.2) is 206 Å². The Morgan fingerprint density at radius 1 is 0.297 bits per heavy atom. The van der Waals surface area contributed by atoms with E-state index in [1.54, 1.807) is 0 Å². The molecule has 6 aliphatic carbocycles. The van der Waals surface area contributed by atoms with Crippen LogP contribution in [0.4, 0.5) is 0 Å². The van der Waals surface area contributed by atoms with Gasteiger partial charge in [0, 0.05) is 65.5 Å². The van der Waals surface area contributed by atoms with Crippen molar-refractivity contribution in [1.29, 1.82) is 0 Å². The highest BCUT2D eigenvalue weighted by Crippen LogP contribution is 2.61. The van der Waals surface area contributed by atoms with Gasteiger partial charge in [-0.05, 0) is 143 Å². The molecule has 0 saturated heterocycles. The van der Waals surface area contributed by atoms with Gasteiger partial charge >= 0.3 is 0 Å². The monoisotopic (exact) mass is 946 g/mol. The molecule has 74 heavy (non-hydrogen) atoms. The number of Topliss-reactive ketones (excluding diaryl/α,β-unsaturated/α-hetero) is 2. The van der Waals surface area contributed by atoms with Crippen molar-refractivity contribution in [2.45, 2.75) is 49.4 Å². The van der Waals surface area contributed by atoms with E-state index in [1.165, 1.54) is 33.0 Å². The van der Waals surface area contributed by atoms with Crippen LogP contribution in [0, 0.1) is 0 Å². The minimum Gasteiger partial charge on any atom is -0.309 e. The molecular formula is C70H46N2O2. The number of para-hydroxylation sites is 3. The normalized spacial score (nSPS) is 22.1. The van der Waals surface area contributed by atoms with E-state index in [0.29, 0.717) is 0 Å². The fourth-order valence-corrected chi connectivity index (χ4v) is 15.7. The Hall–Kier alpha value is -8.86. The van der Waals surface area contributed by atoms with Gasteiger partial charge in [0.1, 0.15) is 0 Å². The topological polar surface area (TPSA) is 43.5 Å². The fourth-order valence-electron chi connectivity index (χ4n) is 15.7. The van der Waals surface area contributed by atoms with Gasteiger partial charge in [-0.25, -0.2) is 0 Å². The Balaban J connectivity index is 1.05.